The predicted molar refractivity (Wildman–Crippen MR) is 105 cm³/mol. The highest BCUT2D eigenvalue weighted by atomic mass is 19.1. The lowest BCUT2D eigenvalue weighted by molar-refractivity contribution is -0.121. The number of anilines is 3. The van der Waals surface area contributed by atoms with Gasteiger partial charge < -0.3 is 16.0 Å². The summed E-state index contributed by atoms with van der Waals surface area (Å²) < 4.78 is 42.3. The van der Waals surface area contributed by atoms with Crippen LogP contribution in [0.5, 0.6) is 0 Å². The van der Waals surface area contributed by atoms with Gasteiger partial charge in [0.25, 0.3) is 0 Å². The molecule has 158 valence electrons. The van der Waals surface area contributed by atoms with Crippen LogP contribution in [-0.4, -0.2) is 32.7 Å². The summed E-state index contributed by atoms with van der Waals surface area (Å²) in [5.74, 6) is -2.51. The van der Waals surface area contributed by atoms with Crippen LogP contribution in [0.15, 0.2) is 30.7 Å². The van der Waals surface area contributed by atoms with Gasteiger partial charge >= 0.3 is 0 Å². The standard InChI is InChI=1S/C19H20F3N7O/c1-3-11-6-25-19(27-13-7-26-29(9-13)10-17(30)23-2)28-18(11)24-8-14-15(21)4-12(20)5-16(14)22/h4-7,9H,3,8,10H2,1-2H3,(H,23,30)(H2,24,25,27,28). The van der Waals surface area contributed by atoms with Gasteiger partial charge in [-0.1, -0.05) is 6.92 Å². The second-order valence-electron chi connectivity index (χ2n) is 6.35. The van der Waals surface area contributed by atoms with Gasteiger partial charge in [0.2, 0.25) is 11.9 Å². The monoisotopic (exact) mass is 419 g/mol. The van der Waals surface area contributed by atoms with Gasteiger partial charge in [-0.15, -0.1) is 0 Å². The van der Waals surface area contributed by atoms with Gasteiger partial charge in [-0.05, 0) is 6.42 Å². The molecule has 30 heavy (non-hydrogen) atoms. The molecular weight excluding hydrogens is 399 g/mol. The molecule has 2 heterocycles. The SMILES string of the molecule is CCc1cnc(Nc2cnn(CC(=O)NC)c2)nc1NCc1c(F)cc(F)cc1F. The topological polar surface area (TPSA) is 96.8 Å². The minimum Gasteiger partial charge on any atom is -0.365 e. The number of hydrogen-bond donors (Lipinski definition) is 3. The number of nitrogens with zero attached hydrogens (tertiary/aromatic N) is 4. The van der Waals surface area contributed by atoms with Crippen LogP contribution >= 0.6 is 0 Å². The molecule has 3 N–H and O–H groups in total. The number of amides is 1. The van der Waals surface area contributed by atoms with Crippen LogP contribution in [0.25, 0.3) is 0 Å². The molecule has 2 aromatic heterocycles. The first-order valence-corrected chi connectivity index (χ1v) is 9.12. The Morgan fingerprint density at radius 1 is 1.17 bits per heavy atom. The van der Waals surface area contributed by atoms with E-state index in [9.17, 15) is 18.0 Å². The molecule has 0 radical (unpaired) electrons. The number of carbonyl (C=O) groups excluding carboxylic acids is 1. The van der Waals surface area contributed by atoms with Crippen molar-refractivity contribution in [2.75, 3.05) is 17.7 Å². The van der Waals surface area contributed by atoms with E-state index < -0.39 is 17.5 Å². The zero-order chi connectivity index (χ0) is 21.7. The van der Waals surface area contributed by atoms with Gasteiger partial charge in [-0.2, -0.15) is 10.1 Å². The molecule has 3 rings (SSSR count). The Morgan fingerprint density at radius 2 is 1.90 bits per heavy atom. The first kappa shape index (κ1) is 21.1. The molecule has 0 atom stereocenters. The van der Waals surface area contributed by atoms with Gasteiger partial charge in [0.05, 0.1) is 11.9 Å². The molecule has 0 fully saturated rings. The van der Waals surface area contributed by atoms with Gasteiger partial charge in [0, 0.05) is 49.2 Å². The number of aryl methyl sites for hydroxylation is 1. The van der Waals surface area contributed by atoms with Crippen molar-refractivity contribution < 1.29 is 18.0 Å². The molecule has 0 unspecified atom stereocenters. The fraction of sp³-hybridized carbons (Fsp3) is 0.263. The third kappa shape index (κ3) is 5.04. The van der Waals surface area contributed by atoms with E-state index in [0.29, 0.717) is 30.1 Å². The van der Waals surface area contributed by atoms with Crippen molar-refractivity contribution in [3.8, 4) is 0 Å². The van der Waals surface area contributed by atoms with Crippen molar-refractivity contribution >= 4 is 23.4 Å². The Bertz CT molecular complexity index is 1030. The van der Waals surface area contributed by atoms with Crippen molar-refractivity contribution in [3.63, 3.8) is 0 Å². The van der Waals surface area contributed by atoms with E-state index in [0.717, 1.165) is 5.56 Å². The average molecular weight is 419 g/mol. The summed E-state index contributed by atoms with van der Waals surface area (Å²) in [6.45, 7) is 1.74. The largest absolute Gasteiger partial charge is 0.365 e. The molecule has 0 aliphatic rings. The van der Waals surface area contributed by atoms with Gasteiger partial charge in [-0.3, -0.25) is 9.48 Å². The normalized spacial score (nSPS) is 10.7. The van der Waals surface area contributed by atoms with Gasteiger partial charge in [0.15, 0.2) is 0 Å². The molecule has 1 amide bonds. The summed E-state index contributed by atoms with van der Waals surface area (Å²) in [4.78, 5) is 20.0. The molecule has 8 nitrogen and oxygen atoms in total. The van der Waals surface area contributed by atoms with Crippen LogP contribution in [0.4, 0.5) is 30.6 Å². The van der Waals surface area contributed by atoms with Crippen LogP contribution in [0.1, 0.15) is 18.1 Å². The minimum absolute atomic E-state index is 0.0649. The van der Waals surface area contributed by atoms with Gasteiger partial charge in [0.1, 0.15) is 29.8 Å². The van der Waals surface area contributed by atoms with E-state index in [1.54, 1.807) is 12.4 Å². The third-order valence-electron chi connectivity index (χ3n) is 4.26. The molecule has 1 aromatic carbocycles. The number of nitrogens with one attached hydrogen (secondary N) is 3. The smallest absolute Gasteiger partial charge is 0.241 e. The lowest BCUT2D eigenvalue weighted by Gasteiger charge is -2.12. The van der Waals surface area contributed by atoms with Crippen LogP contribution in [0.3, 0.4) is 0 Å². The Hall–Kier alpha value is -3.63. The number of rotatable bonds is 8. The van der Waals surface area contributed by atoms with Crippen molar-refractivity contribution in [3.05, 3.63) is 59.3 Å². The van der Waals surface area contributed by atoms with Crippen LogP contribution < -0.4 is 16.0 Å². The maximum absolute atomic E-state index is 13.9. The Kier molecular flexibility index (Phi) is 6.50. The van der Waals surface area contributed by atoms with Crippen molar-refractivity contribution in [1.29, 1.82) is 0 Å². The van der Waals surface area contributed by atoms with E-state index >= 15 is 0 Å². The van der Waals surface area contributed by atoms with Crippen LogP contribution in [0, 0.1) is 17.5 Å². The fourth-order valence-corrected chi connectivity index (χ4v) is 2.66. The number of benzene rings is 1. The Balaban J connectivity index is 1.75. The molecule has 0 bridgehead atoms. The first-order chi connectivity index (χ1) is 14.4. The van der Waals surface area contributed by atoms with E-state index in [4.69, 9.17) is 0 Å². The molecular formula is C19H20F3N7O. The highest BCUT2D eigenvalue weighted by molar-refractivity contribution is 5.75. The van der Waals surface area contributed by atoms with Gasteiger partial charge in [-0.25, -0.2) is 18.2 Å². The summed E-state index contributed by atoms with van der Waals surface area (Å²) in [7, 11) is 1.53. The average Bonchev–Trinajstić information content (AvgIpc) is 3.13. The maximum atomic E-state index is 13.9. The molecule has 0 spiro atoms. The first-order valence-electron chi connectivity index (χ1n) is 9.12. The second-order valence-corrected chi connectivity index (χ2v) is 6.35. The molecule has 3 aromatic rings. The lowest BCUT2D eigenvalue weighted by Crippen LogP contribution is -2.23. The molecule has 0 aliphatic heterocycles. The van der Waals surface area contributed by atoms with Crippen molar-refractivity contribution in [2.24, 2.45) is 0 Å². The zero-order valence-corrected chi connectivity index (χ0v) is 16.3. The number of likely N-dealkylation sites (N-methyl/N-ethyl adjacent to an activating group) is 1. The Labute approximate surface area is 170 Å². The van der Waals surface area contributed by atoms with E-state index in [-0.39, 0.29) is 30.5 Å². The number of hydrogen-bond acceptors (Lipinski definition) is 6. The van der Waals surface area contributed by atoms with Crippen LogP contribution in [0.2, 0.25) is 0 Å². The summed E-state index contributed by atoms with van der Waals surface area (Å²) in [6, 6.07) is 1.26. The molecule has 0 aliphatic carbocycles. The quantitative estimate of drug-likeness (QED) is 0.520. The number of aromatic nitrogens is 4. The summed E-state index contributed by atoms with van der Waals surface area (Å²) in [5, 5.41) is 12.4. The van der Waals surface area contributed by atoms with Crippen molar-refractivity contribution in [2.45, 2.75) is 26.4 Å². The lowest BCUT2D eigenvalue weighted by atomic mass is 10.2. The second kappa shape index (κ2) is 9.25. The fourth-order valence-electron chi connectivity index (χ4n) is 2.66. The Morgan fingerprint density at radius 3 is 2.57 bits per heavy atom. The van der Waals surface area contributed by atoms with Crippen molar-refractivity contribution in [1.82, 2.24) is 25.1 Å². The summed E-state index contributed by atoms with van der Waals surface area (Å²) in [5.41, 5.74) is 1.01. The molecule has 0 saturated carbocycles. The molecule has 11 heteroatoms. The highest BCUT2D eigenvalue weighted by Crippen LogP contribution is 2.20. The minimum atomic E-state index is -0.978. The van der Waals surface area contributed by atoms with E-state index in [1.165, 1.54) is 17.9 Å². The molecule has 0 saturated heterocycles. The predicted octanol–water partition coefficient (Wildman–Crippen LogP) is 2.75. The summed E-state index contributed by atoms with van der Waals surface area (Å²) in [6.07, 6.45) is 5.30. The van der Waals surface area contributed by atoms with Crippen LogP contribution in [-0.2, 0) is 24.3 Å². The summed E-state index contributed by atoms with van der Waals surface area (Å²) >= 11 is 0. The number of carbonyl (C=O) groups is 1. The van der Waals surface area contributed by atoms with E-state index in [1.807, 2.05) is 6.92 Å². The maximum Gasteiger partial charge on any atom is 0.241 e. The third-order valence-corrected chi connectivity index (χ3v) is 4.26. The zero-order valence-electron chi connectivity index (χ0n) is 16.3. The van der Waals surface area contributed by atoms with E-state index in [2.05, 4.69) is 31.0 Å². The number of halogens is 3. The highest BCUT2D eigenvalue weighted by Gasteiger charge is 2.13.